The lowest BCUT2D eigenvalue weighted by Crippen LogP contribution is -2.14. The van der Waals surface area contributed by atoms with Crippen LogP contribution in [0.15, 0.2) is 66.7 Å². The first-order chi connectivity index (χ1) is 14.2. The van der Waals surface area contributed by atoms with Crippen LogP contribution in [-0.2, 0) is 11.2 Å². The molecule has 1 heterocycles. The predicted molar refractivity (Wildman–Crippen MR) is 116 cm³/mol. The Morgan fingerprint density at radius 3 is 2.38 bits per heavy atom. The van der Waals surface area contributed by atoms with Crippen molar-refractivity contribution in [3.63, 3.8) is 0 Å². The number of halogens is 1. The number of carbonyl (C=O) groups excluding carboxylic acids is 1. The number of para-hydroxylation sites is 1. The molecule has 1 amide bonds. The van der Waals surface area contributed by atoms with E-state index in [0.29, 0.717) is 29.7 Å². The third-order valence-corrected chi connectivity index (χ3v) is 4.74. The first-order valence-electron chi connectivity index (χ1n) is 9.47. The lowest BCUT2D eigenvalue weighted by atomic mass is 10.1. The summed E-state index contributed by atoms with van der Waals surface area (Å²) >= 11 is 6.30. The second-order valence-corrected chi connectivity index (χ2v) is 7.16. The highest BCUT2D eigenvalue weighted by Gasteiger charge is 2.17. The lowest BCUT2D eigenvalue weighted by molar-refractivity contribution is -0.115. The van der Waals surface area contributed by atoms with E-state index in [0.717, 1.165) is 29.0 Å². The van der Waals surface area contributed by atoms with Crippen LogP contribution in [0.25, 0.3) is 0 Å². The molecule has 1 aliphatic heterocycles. The average molecular weight is 409 g/mol. The van der Waals surface area contributed by atoms with Gasteiger partial charge >= 0.3 is 0 Å². The summed E-state index contributed by atoms with van der Waals surface area (Å²) in [6.07, 6.45) is 0.996. The minimum absolute atomic E-state index is 0.126. The van der Waals surface area contributed by atoms with E-state index in [9.17, 15) is 4.79 Å². The van der Waals surface area contributed by atoms with Crippen molar-refractivity contribution in [3.8, 4) is 11.5 Å². The van der Waals surface area contributed by atoms with Crippen LogP contribution in [0.5, 0.6) is 11.5 Å². The highest BCUT2D eigenvalue weighted by Crippen LogP contribution is 2.38. The molecule has 0 spiro atoms. The van der Waals surface area contributed by atoms with Crippen molar-refractivity contribution in [2.45, 2.75) is 12.8 Å². The third-order valence-electron chi connectivity index (χ3n) is 4.46. The molecule has 148 valence electrons. The fourth-order valence-electron chi connectivity index (χ4n) is 3.10. The summed E-state index contributed by atoms with van der Waals surface area (Å²) in [5.74, 6) is 1.02. The van der Waals surface area contributed by atoms with Crippen molar-refractivity contribution in [2.75, 3.05) is 23.8 Å². The number of hydrogen-bond donors (Lipinski definition) is 2. The third kappa shape index (κ3) is 5.00. The van der Waals surface area contributed by atoms with E-state index in [1.165, 1.54) is 0 Å². The Morgan fingerprint density at radius 1 is 0.897 bits per heavy atom. The summed E-state index contributed by atoms with van der Waals surface area (Å²) in [5.41, 5.74) is 3.47. The van der Waals surface area contributed by atoms with Crippen molar-refractivity contribution in [1.29, 1.82) is 0 Å². The van der Waals surface area contributed by atoms with Gasteiger partial charge < -0.3 is 20.1 Å². The maximum absolute atomic E-state index is 12.5. The van der Waals surface area contributed by atoms with E-state index in [2.05, 4.69) is 10.6 Å². The molecule has 0 aromatic heterocycles. The van der Waals surface area contributed by atoms with Crippen molar-refractivity contribution in [2.24, 2.45) is 0 Å². The smallest absolute Gasteiger partial charge is 0.228 e. The zero-order chi connectivity index (χ0) is 20.1. The minimum atomic E-state index is -0.126. The van der Waals surface area contributed by atoms with Crippen LogP contribution in [0, 0.1) is 0 Å². The molecule has 0 saturated carbocycles. The second kappa shape index (κ2) is 8.88. The molecule has 0 saturated heterocycles. The van der Waals surface area contributed by atoms with E-state index in [1.54, 1.807) is 6.07 Å². The molecule has 0 bridgehead atoms. The molecule has 4 rings (SSSR count). The zero-order valence-corrected chi connectivity index (χ0v) is 16.5. The van der Waals surface area contributed by atoms with Crippen LogP contribution in [-0.4, -0.2) is 19.1 Å². The number of amides is 1. The number of benzene rings is 3. The highest BCUT2D eigenvalue weighted by molar-refractivity contribution is 6.32. The van der Waals surface area contributed by atoms with Gasteiger partial charge in [-0.25, -0.2) is 0 Å². The molecule has 0 fully saturated rings. The number of fused-ring (bicyclic) bond motifs is 1. The fourth-order valence-corrected chi connectivity index (χ4v) is 3.39. The average Bonchev–Trinajstić information content (AvgIpc) is 2.96. The van der Waals surface area contributed by atoms with Gasteiger partial charge in [0.2, 0.25) is 5.91 Å². The number of carbonyl (C=O) groups is 1. The Morgan fingerprint density at radius 2 is 1.59 bits per heavy atom. The molecular weight excluding hydrogens is 388 g/mol. The van der Waals surface area contributed by atoms with Crippen LogP contribution in [0.1, 0.15) is 12.0 Å². The summed E-state index contributed by atoms with van der Waals surface area (Å²) < 4.78 is 11.3. The fraction of sp³-hybridized carbons (Fsp3) is 0.174. The van der Waals surface area contributed by atoms with Crippen LogP contribution in [0.2, 0.25) is 5.02 Å². The van der Waals surface area contributed by atoms with Crippen molar-refractivity contribution in [1.82, 2.24) is 0 Å². The van der Waals surface area contributed by atoms with Gasteiger partial charge in [-0.1, -0.05) is 29.8 Å². The van der Waals surface area contributed by atoms with Gasteiger partial charge in [-0.05, 0) is 54.1 Å². The Labute approximate surface area is 174 Å². The quantitative estimate of drug-likeness (QED) is 0.591. The van der Waals surface area contributed by atoms with E-state index in [4.69, 9.17) is 21.1 Å². The summed E-state index contributed by atoms with van der Waals surface area (Å²) in [7, 11) is 0. The molecule has 6 heteroatoms. The summed E-state index contributed by atoms with van der Waals surface area (Å²) in [5, 5.41) is 6.68. The molecule has 5 nitrogen and oxygen atoms in total. The first-order valence-corrected chi connectivity index (χ1v) is 9.85. The zero-order valence-electron chi connectivity index (χ0n) is 15.8. The van der Waals surface area contributed by atoms with E-state index >= 15 is 0 Å². The molecule has 1 aliphatic rings. The van der Waals surface area contributed by atoms with E-state index in [1.807, 2.05) is 60.7 Å². The van der Waals surface area contributed by atoms with Crippen LogP contribution in [0.3, 0.4) is 0 Å². The van der Waals surface area contributed by atoms with Crippen molar-refractivity contribution >= 4 is 34.6 Å². The molecule has 2 N–H and O–H groups in total. The number of rotatable bonds is 5. The Hall–Kier alpha value is -3.18. The van der Waals surface area contributed by atoms with Crippen LogP contribution in [0.4, 0.5) is 17.1 Å². The molecule has 3 aromatic carbocycles. The topological polar surface area (TPSA) is 59.6 Å². The maximum atomic E-state index is 12.5. The summed E-state index contributed by atoms with van der Waals surface area (Å²) in [4.78, 5) is 12.5. The number of anilines is 3. The second-order valence-electron chi connectivity index (χ2n) is 6.75. The van der Waals surface area contributed by atoms with E-state index in [-0.39, 0.29) is 12.3 Å². The Kier molecular flexibility index (Phi) is 5.86. The molecule has 0 aliphatic carbocycles. The normalized spacial score (nSPS) is 12.7. The predicted octanol–water partition coefficient (Wildman–Crippen LogP) is 5.43. The highest BCUT2D eigenvalue weighted by atomic mass is 35.5. The summed E-state index contributed by atoms with van der Waals surface area (Å²) in [6.45, 7) is 1.14. The molecular formula is C23H21ClN2O3. The van der Waals surface area contributed by atoms with Gasteiger partial charge in [-0.15, -0.1) is 0 Å². The minimum Gasteiger partial charge on any atom is -0.489 e. The van der Waals surface area contributed by atoms with Crippen molar-refractivity contribution in [3.05, 3.63) is 77.3 Å². The van der Waals surface area contributed by atoms with Crippen molar-refractivity contribution < 1.29 is 14.3 Å². The van der Waals surface area contributed by atoms with Gasteiger partial charge in [0.1, 0.15) is 0 Å². The maximum Gasteiger partial charge on any atom is 0.228 e. The summed E-state index contributed by atoms with van der Waals surface area (Å²) in [6, 6.07) is 21.1. The standard InChI is InChI=1S/C23H21ClN2O3/c24-20-13-16(14-21-23(20)29-12-4-11-28-21)15-22(27)26-19-9-7-18(8-10-19)25-17-5-2-1-3-6-17/h1-3,5-10,13-14,25H,4,11-12,15H2,(H,26,27). The Balaban J connectivity index is 1.38. The molecule has 29 heavy (non-hydrogen) atoms. The van der Waals surface area contributed by atoms with Crippen LogP contribution < -0.4 is 20.1 Å². The lowest BCUT2D eigenvalue weighted by Gasteiger charge is -2.12. The number of nitrogens with one attached hydrogen (secondary N) is 2. The van der Waals surface area contributed by atoms with Crippen LogP contribution >= 0.6 is 11.6 Å². The molecule has 0 atom stereocenters. The first kappa shape index (κ1) is 19.2. The SMILES string of the molecule is O=C(Cc1cc(Cl)c2c(c1)OCCCO2)Nc1ccc(Nc2ccccc2)cc1. The van der Waals surface area contributed by atoms with Gasteiger partial charge in [0.15, 0.2) is 11.5 Å². The van der Waals surface area contributed by atoms with Gasteiger partial charge in [0, 0.05) is 23.5 Å². The monoisotopic (exact) mass is 408 g/mol. The number of ether oxygens (including phenoxy) is 2. The largest absolute Gasteiger partial charge is 0.489 e. The van der Waals surface area contributed by atoms with Gasteiger partial charge in [0.05, 0.1) is 24.7 Å². The van der Waals surface area contributed by atoms with Gasteiger partial charge in [-0.2, -0.15) is 0 Å². The van der Waals surface area contributed by atoms with Gasteiger partial charge in [-0.3, -0.25) is 4.79 Å². The Bertz CT molecular complexity index is 991. The molecule has 0 unspecified atom stereocenters. The molecule has 3 aromatic rings. The van der Waals surface area contributed by atoms with Gasteiger partial charge in [0.25, 0.3) is 0 Å². The number of hydrogen-bond acceptors (Lipinski definition) is 4. The van der Waals surface area contributed by atoms with E-state index < -0.39 is 0 Å². The molecule has 0 radical (unpaired) electrons.